The number of unbranched alkanes of at least 4 members (excludes halogenated alkanes) is 2. The summed E-state index contributed by atoms with van der Waals surface area (Å²) in [6, 6.07) is 14.2. The number of esters is 1. The van der Waals surface area contributed by atoms with Crippen molar-refractivity contribution >= 4 is 34.7 Å². The molecule has 0 bridgehead atoms. The van der Waals surface area contributed by atoms with Crippen LogP contribution in [0.5, 0.6) is 11.8 Å². The summed E-state index contributed by atoms with van der Waals surface area (Å²) in [6.07, 6.45) is 8.61. The molecule has 6 heterocycles. The van der Waals surface area contributed by atoms with E-state index in [-0.39, 0.29) is 99.2 Å². The first-order chi connectivity index (χ1) is 30.5. The Morgan fingerprint density at radius 2 is 1.31 bits per heavy atom. The largest absolute Gasteiger partial charge is 0.493 e. The van der Waals surface area contributed by atoms with Crippen molar-refractivity contribution < 1.29 is 36.8 Å². The summed E-state index contributed by atoms with van der Waals surface area (Å²) in [4.78, 5) is 49.3. The van der Waals surface area contributed by atoms with E-state index in [9.17, 15) is 35.1 Å². The summed E-state index contributed by atoms with van der Waals surface area (Å²) < 4.78 is 9.96. The van der Waals surface area contributed by atoms with E-state index in [4.69, 9.17) is 11.3 Å². The summed E-state index contributed by atoms with van der Waals surface area (Å²) in [6.45, 7) is 16.6. The molecule has 0 aliphatic heterocycles. The van der Waals surface area contributed by atoms with Gasteiger partial charge in [-0.2, -0.15) is 30.1 Å². The van der Waals surface area contributed by atoms with Crippen LogP contribution in [0.2, 0.25) is 0 Å². The molecule has 21 nitrogen and oxygen atoms in total. The number of nitrogens with zero attached hydrogens (tertiary/aromatic N) is 15. The molecule has 0 saturated carbocycles. The first-order valence-electron chi connectivity index (χ1n) is 19.6. The molecule has 328 valence electrons. The summed E-state index contributed by atoms with van der Waals surface area (Å²) in [7, 11) is 0. The molecule has 0 saturated heterocycles. The summed E-state index contributed by atoms with van der Waals surface area (Å²) in [5.74, 6) is -0.470. The van der Waals surface area contributed by atoms with Crippen molar-refractivity contribution in [3.05, 3.63) is 121 Å². The van der Waals surface area contributed by atoms with E-state index in [1.165, 1.54) is 35.6 Å². The minimum absolute atomic E-state index is 0. The van der Waals surface area contributed by atoms with E-state index in [0.29, 0.717) is 24.5 Å². The number of ether oxygens (including phenoxy) is 1. The van der Waals surface area contributed by atoms with Gasteiger partial charge in [0.1, 0.15) is 34.5 Å². The molecule has 0 atom stereocenters. The van der Waals surface area contributed by atoms with Gasteiger partial charge in [-0.15, -0.1) is 20.5 Å². The van der Waals surface area contributed by atoms with Crippen LogP contribution < -0.4 is 11.1 Å². The van der Waals surface area contributed by atoms with Crippen molar-refractivity contribution in [3.63, 3.8) is 0 Å². The third-order valence-electron chi connectivity index (χ3n) is 9.30. The van der Waals surface area contributed by atoms with E-state index >= 15 is 0 Å². The quantitative estimate of drug-likeness (QED) is 0.0459. The fourth-order valence-electron chi connectivity index (χ4n) is 5.94. The molecule has 2 N–H and O–H groups in total. The van der Waals surface area contributed by atoms with Gasteiger partial charge in [-0.1, -0.05) is 38.8 Å². The number of hydrogen-bond donors (Lipinski definition) is 2. The number of nitriles is 2. The smallest absolute Gasteiger partial charge is 0.343 e. The molecular weight excluding hydrogens is 866 g/mol. The number of carbonyl (C=O) groups excluding carboxylic acids is 1. The second-order valence-electron chi connectivity index (χ2n) is 13.4. The van der Waals surface area contributed by atoms with E-state index in [0.717, 1.165) is 22.0 Å². The van der Waals surface area contributed by atoms with Gasteiger partial charge in [0.15, 0.2) is 29.0 Å². The van der Waals surface area contributed by atoms with Crippen LogP contribution >= 0.6 is 0 Å². The number of rotatable bonds is 14. The zero-order valence-electron chi connectivity index (χ0n) is 35.3. The molecule has 6 aromatic heterocycles. The Morgan fingerprint density at radius 3 is 1.81 bits per heavy atom. The Balaban J connectivity index is 0.000000277. The molecule has 0 amide bonds. The van der Waals surface area contributed by atoms with Crippen molar-refractivity contribution in [2.45, 2.75) is 73.4 Å². The van der Waals surface area contributed by atoms with Gasteiger partial charge in [0, 0.05) is 48.1 Å². The van der Waals surface area contributed by atoms with Crippen LogP contribution in [0.15, 0.2) is 91.2 Å². The molecule has 0 aliphatic carbocycles. The molecule has 0 aromatic carbocycles. The van der Waals surface area contributed by atoms with Gasteiger partial charge < -0.3 is 14.9 Å². The van der Waals surface area contributed by atoms with Gasteiger partial charge in [0.2, 0.25) is 11.8 Å². The molecule has 6 rings (SSSR count). The fraction of sp³-hybridized carbons (Fsp3) is 0.286. The average molecular weight is 908 g/mol. The standard InChI is InChI=1S/C22H23N7O4.C20H18N8O2.Fe/c1-5-7-12-28-20(30)17(23-4)14(3)18(21(28)31)26-27-19-15(22(32)33-6-2)13-25-29(19)16-10-8-9-11-24-16;1-3-4-9-27-19(29)15(11-22)13(2)17(20(27)30)25-26-18-14(10-21)12-24-28(18)16-7-5-6-8-23-16;/h8-11,13,31H,5-7,12H2,1-3H3;5-8,12,30H,3-4,9H2,1-2H3;. The normalized spacial score (nSPS) is 10.7. The van der Waals surface area contributed by atoms with Gasteiger partial charge in [-0.25, -0.2) is 19.6 Å². The van der Waals surface area contributed by atoms with Gasteiger partial charge in [0.05, 0.1) is 25.6 Å². The van der Waals surface area contributed by atoms with Crippen molar-refractivity contribution in [2.75, 3.05) is 6.61 Å². The van der Waals surface area contributed by atoms with Gasteiger partial charge in [0.25, 0.3) is 16.8 Å². The molecular formula is C42H41FeN15O6. The zero-order valence-corrected chi connectivity index (χ0v) is 36.4. The number of azo groups is 2. The topological polar surface area (TPSA) is 274 Å². The summed E-state index contributed by atoms with van der Waals surface area (Å²) >= 11 is 0. The summed E-state index contributed by atoms with van der Waals surface area (Å²) in [5.41, 5.74) is -0.883. The maximum atomic E-state index is 12.6. The van der Waals surface area contributed by atoms with Gasteiger partial charge >= 0.3 is 5.97 Å². The van der Waals surface area contributed by atoms with E-state index in [1.807, 2.05) is 26.0 Å². The van der Waals surface area contributed by atoms with Crippen molar-refractivity contribution in [2.24, 2.45) is 20.5 Å². The maximum absolute atomic E-state index is 12.6. The SMILES string of the molecule is CCCCn1c(O)c(N=Nc2c(C#N)cnn2-c2ccccn2)c(C)c(C#N)c1=O.[C-]#[N+]c1c(C)c(N=Nc2c(C(=O)OCC)cnn2-c2ccccn2)c(O)n(CCCC)c1=O.[Fe]. The third kappa shape index (κ3) is 10.3. The molecule has 0 spiro atoms. The van der Waals surface area contributed by atoms with Crippen LogP contribution in [-0.2, 0) is 34.9 Å². The Hall–Kier alpha value is -8.12. The van der Waals surface area contributed by atoms with Crippen LogP contribution in [0.4, 0.5) is 28.7 Å². The van der Waals surface area contributed by atoms with E-state index < -0.39 is 23.0 Å². The van der Waals surface area contributed by atoms with Gasteiger partial charge in [-0.3, -0.25) is 18.7 Å². The maximum Gasteiger partial charge on any atom is 0.343 e. The number of aromatic hydroxyl groups is 2. The average Bonchev–Trinajstić information content (AvgIpc) is 3.92. The Kier molecular flexibility index (Phi) is 17.2. The van der Waals surface area contributed by atoms with Crippen LogP contribution in [0, 0.1) is 43.1 Å². The molecule has 0 unspecified atom stereocenters. The Morgan fingerprint density at radius 1 is 0.781 bits per heavy atom. The second kappa shape index (κ2) is 22.6. The molecule has 22 heteroatoms. The van der Waals surface area contributed by atoms with E-state index in [1.54, 1.807) is 55.7 Å². The molecule has 0 fully saturated rings. The molecule has 0 aliphatic rings. The van der Waals surface area contributed by atoms with E-state index in [2.05, 4.69) is 45.5 Å². The Labute approximate surface area is 376 Å². The number of aromatic nitrogens is 8. The van der Waals surface area contributed by atoms with Crippen LogP contribution in [0.25, 0.3) is 16.5 Å². The monoisotopic (exact) mass is 907 g/mol. The van der Waals surface area contributed by atoms with Crippen molar-refractivity contribution in [3.8, 4) is 35.5 Å². The minimum atomic E-state index is -0.649. The van der Waals surface area contributed by atoms with Crippen molar-refractivity contribution in [1.82, 2.24) is 38.7 Å². The Bertz CT molecular complexity index is 2940. The predicted octanol–water partition coefficient (Wildman–Crippen LogP) is 7.79. The third-order valence-corrected chi connectivity index (χ3v) is 9.30. The minimum Gasteiger partial charge on any atom is -0.493 e. The first kappa shape index (κ1) is 48.5. The number of carbonyl (C=O) groups is 1. The summed E-state index contributed by atoms with van der Waals surface area (Å²) in [5, 5.41) is 65.0. The van der Waals surface area contributed by atoms with Gasteiger partial charge in [-0.05, 0) is 63.4 Å². The molecule has 0 radical (unpaired) electrons. The van der Waals surface area contributed by atoms with Crippen LogP contribution in [0.3, 0.4) is 0 Å². The van der Waals surface area contributed by atoms with Crippen molar-refractivity contribution in [1.29, 1.82) is 10.5 Å². The van der Waals surface area contributed by atoms with Crippen LogP contribution in [0.1, 0.15) is 79.1 Å². The zero-order chi connectivity index (χ0) is 45.6. The first-order valence-corrected chi connectivity index (χ1v) is 19.6. The number of pyridine rings is 4. The second-order valence-corrected chi connectivity index (χ2v) is 13.4. The number of hydrogen-bond acceptors (Lipinski definition) is 16. The molecule has 64 heavy (non-hydrogen) atoms. The molecule has 6 aromatic rings. The van der Waals surface area contributed by atoms with Crippen LogP contribution in [-0.4, -0.2) is 61.5 Å². The predicted molar refractivity (Wildman–Crippen MR) is 227 cm³/mol. The fourth-order valence-corrected chi connectivity index (χ4v) is 5.94.